The fourth-order valence-corrected chi connectivity index (χ4v) is 3.51. The van der Waals surface area contributed by atoms with Crippen LogP contribution in [0.5, 0.6) is 0 Å². The van der Waals surface area contributed by atoms with Crippen molar-refractivity contribution in [2.45, 2.75) is 18.6 Å². The molecule has 6 nitrogen and oxygen atoms in total. The van der Waals surface area contributed by atoms with Gasteiger partial charge in [-0.2, -0.15) is 0 Å². The maximum Gasteiger partial charge on any atom is 0.206 e. The monoisotopic (exact) mass is 347 g/mol. The van der Waals surface area contributed by atoms with Crippen molar-refractivity contribution < 1.29 is 5.11 Å². The first-order valence-electron chi connectivity index (χ1n) is 8.71. The van der Waals surface area contributed by atoms with Crippen LogP contribution in [0, 0.1) is 6.57 Å². The van der Waals surface area contributed by atoms with Crippen LogP contribution in [0.2, 0.25) is 0 Å². The number of hydrogen-bond acceptors (Lipinski definition) is 4. The molecular weight excluding hydrogens is 326 g/mol. The number of nitrogens with zero attached hydrogens (tertiary/aromatic N) is 4. The van der Waals surface area contributed by atoms with Crippen molar-refractivity contribution in [3.05, 3.63) is 65.5 Å². The van der Waals surface area contributed by atoms with E-state index in [2.05, 4.69) is 20.4 Å². The van der Waals surface area contributed by atoms with Gasteiger partial charge in [0.25, 0.3) is 0 Å². The molecule has 0 amide bonds. The lowest BCUT2D eigenvalue weighted by molar-refractivity contribution is 0.0724. The summed E-state index contributed by atoms with van der Waals surface area (Å²) in [7, 11) is 0. The summed E-state index contributed by atoms with van der Waals surface area (Å²) in [6.07, 6.45) is 0.645. The number of fused-ring (bicyclic) bond motifs is 1. The number of aromatic nitrogens is 2. The maximum atomic E-state index is 10.5. The Labute approximate surface area is 152 Å². The topological polar surface area (TPSA) is 71.7 Å². The second kappa shape index (κ2) is 6.45. The molecule has 0 radical (unpaired) electrons. The molecule has 1 saturated heterocycles. The second-order valence-electron chi connectivity index (χ2n) is 6.86. The molecule has 0 unspecified atom stereocenters. The van der Waals surface area contributed by atoms with Crippen molar-refractivity contribution in [2.24, 2.45) is 5.73 Å². The number of nitrogens with two attached hydrogens (primary N) is 1. The number of imidazole rings is 1. The summed E-state index contributed by atoms with van der Waals surface area (Å²) in [5.74, 6) is 0.852. The van der Waals surface area contributed by atoms with Crippen LogP contribution in [-0.4, -0.2) is 39.9 Å². The highest BCUT2D eigenvalue weighted by Gasteiger charge is 2.36. The first-order chi connectivity index (χ1) is 12.6. The zero-order valence-corrected chi connectivity index (χ0v) is 14.5. The van der Waals surface area contributed by atoms with Crippen LogP contribution < -0.4 is 10.6 Å². The fourth-order valence-electron chi connectivity index (χ4n) is 3.51. The lowest BCUT2D eigenvalue weighted by Gasteiger charge is -2.23. The van der Waals surface area contributed by atoms with Crippen molar-refractivity contribution in [3.63, 3.8) is 0 Å². The molecule has 1 fully saturated rings. The molecule has 1 atom stereocenters. The van der Waals surface area contributed by atoms with Gasteiger partial charge in [0, 0.05) is 13.1 Å². The maximum absolute atomic E-state index is 10.5. The lowest BCUT2D eigenvalue weighted by Crippen LogP contribution is -2.41. The zero-order chi connectivity index (χ0) is 18.1. The summed E-state index contributed by atoms with van der Waals surface area (Å²) in [5, 5.41) is 10.5. The molecule has 26 heavy (non-hydrogen) atoms. The summed E-state index contributed by atoms with van der Waals surface area (Å²) in [6.45, 7) is 9.22. The van der Waals surface area contributed by atoms with Gasteiger partial charge in [-0.15, -0.1) is 0 Å². The summed E-state index contributed by atoms with van der Waals surface area (Å²) in [5.41, 5.74) is 8.63. The highest BCUT2D eigenvalue weighted by Crippen LogP contribution is 2.30. The summed E-state index contributed by atoms with van der Waals surface area (Å²) in [4.78, 5) is 10.4. The summed E-state index contributed by atoms with van der Waals surface area (Å²) in [6, 6.07) is 15.7. The quantitative estimate of drug-likeness (QED) is 0.712. The minimum atomic E-state index is -0.847. The molecule has 2 heterocycles. The molecule has 1 aromatic heterocycles. The number of aliphatic hydroxyl groups is 1. The second-order valence-corrected chi connectivity index (χ2v) is 6.86. The van der Waals surface area contributed by atoms with E-state index in [0.29, 0.717) is 25.2 Å². The Hall–Kier alpha value is -2.88. The minimum Gasteiger partial charge on any atom is -0.387 e. The van der Waals surface area contributed by atoms with Crippen molar-refractivity contribution in [2.75, 3.05) is 24.5 Å². The molecule has 2 aromatic carbocycles. The van der Waals surface area contributed by atoms with Gasteiger partial charge in [0.2, 0.25) is 5.95 Å². The van der Waals surface area contributed by atoms with E-state index >= 15 is 0 Å². The molecule has 0 bridgehead atoms. The number of benzene rings is 2. The molecule has 0 saturated carbocycles. The van der Waals surface area contributed by atoms with E-state index in [1.54, 1.807) is 0 Å². The van der Waals surface area contributed by atoms with Crippen LogP contribution in [-0.2, 0) is 6.54 Å². The predicted octanol–water partition coefficient (Wildman–Crippen LogP) is 2.54. The van der Waals surface area contributed by atoms with Gasteiger partial charge in [-0.05, 0) is 24.1 Å². The number of β-amino-alcohol motifs (C(OH)–C–C–N with tert-alkyl or cyclic N) is 1. The Morgan fingerprint density at radius 1 is 1.19 bits per heavy atom. The van der Waals surface area contributed by atoms with Crippen molar-refractivity contribution in [3.8, 4) is 0 Å². The number of rotatable bonds is 4. The van der Waals surface area contributed by atoms with Gasteiger partial charge < -0.3 is 20.3 Å². The van der Waals surface area contributed by atoms with Gasteiger partial charge in [0.15, 0.2) is 5.69 Å². The van der Waals surface area contributed by atoms with Gasteiger partial charge in [0.1, 0.15) is 0 Å². The number of hydrogen-bond donors (Lipinski definition) is 2. The third kappa shape index (κ3) is 2.92. The average molecular weight is 347 g/mol. The third-order valence-electron chi connectivity index (χ3n) is 5.04. The Morgan fingerprint density at radius 2 is 1.96 bits per heavy atom. The lowest BCUT2D eigenvalue weighted by atomic mass is 10.0. The van der Waals surface area contributed by atoms with Crippen LogP contribution in [0.1, 0.15) is 12.0 Å². The van der Waals surface area contributed by atoms with Crippen LogP contribution in [0.3, 0.4) is 0 Å². The van der Waals surface area contributed by atoms with Crippen LogP contribution in [0.15, 0.2) is 48.5 Å². The van der Waals surface area contributed by atoms with E-state index in [0.717, 1.165) is 29.1 Å². The highest BCUT2D eigenvalue weighted by atomic mass is 16.3. The molecule has 0 spiro atoms. The van der Waals surface area contributed by atoms with Crippen LogP contribution in [0.4, 0.5) is 11.6 Å². The number of para-hydroxylation sites is 2. The Bertz CT molecular complexity index is 972. The molecule has 132 valence electrons. The van der Waals surface area contributed by atoms with E-state index in [9.17, 15) is 5.11 Å². The molecule has 4 rings (SSSR count). The van der Waals surface area contributed by atoms with Crippen molar-refractivity contribution >= 4 is 22.7 Å². The van der Waals surface area contributed by atoms with Crippen LogP contribution in [0.25, 0.3) is 15.9 Å². The standard InChI is InChI=1S/C20H21N5O/c1-22-16-8-6-15(7-9-16)12-25-18-5-3-2-4-17(18)23-19(25)24-11-10-20(26,13-21)14-24/h2-9,26H,10-14,21H2/t20-/m1/s1. The summed E-state index contributed by atoms with van der Waals surface area (Å²) < 4.78 is 2.17. The predicted molar refractivity (Wildman–Crippen MR) is 102 cm³/mol. The molecule has 1 aliphatic heterocycles. The third-order valence-corrected chi connectivity index (χ3v) is 5.04. The zero-order valence-electron chi connectivity index (χ0n) is 14.5. The molecular formula is C20H21N5O. The fraction of sp³-hybridized carbons (Fsp3) is 0.300. The van der Waals surface area contributed by atoms with Crippen molar-refractivity contribution in [1.29, 1.82) is 0 Å². The smallest absolute Gasteiger partial charge is 0.206 e. The normalized spacial score (nSPS) is 19.8. The highest BCUT2D eigenvalue weighted by molar-refractivity contribution is 5.79. The molecule has 1 aliphatic rings. The van der Waals surface area contributed by atoms with Crippen molar-refractivity contribution in [1.82, 2.24) is 9.55 Å². The minimum absolute atomic E-state index is 0.252. The summed E-state index contributed by atoms with van der Waals surface area (Å²) >= 11 is 0. The Balaban J connectivity index is 1.73. The van der Waals surface area contributed by atoms with Gasteiger partial charge in [0.05, 0.1) is 36.3 Å². The van der Waals surface area contributed by atoms with E-state index in [1.165, 1.54) is 0 Å². The van der Waals surface area contributed by atoms with E-state index in [1.807, 2.05) is 42.5 Å². The van der Waals surface area contributed by atoms with Gasteiger partial charge >= 0.3 is 0 Å². The SMILES string of the molecule is [C-]#[N+]c1ccc(Cn2c(N3CC[C@@](O)(CN)C3)nc3ccccc32)cc1. The van der Waals surface area contributed by atoms with Gasteiger partial charge in [-0.1, -0.05) is 36.4 Å². The molecule has 3 N–H and O–H groups in total. The molecule has 6 heteroatoms. The first-order valence-corrected chi connectivity index (χ1v) is 8.71. The van der Waals surface area contributed by atoms with E-state index in [-0.39, 0.29) is 6.54 Å². The number of anilines is 1. The van der Waals surface area contributed by atoms with E-state index < -0.39 is 5.60 Å². The largest absolute Gasteiger partial charge is 0.387 e. The molecule has 3 aromatic rings. The van der Waals surface area contributed by atoms with Gasteiger partial charge in [-0.25, -0.2) is 9.83 Å². The Morgan fingerprint density at radius 3 is 2.65 bits per heavy atom. The average Bonchev–Trinajstić information content (AvgIpc) is 3.24. The Kier molecular flexibility index (Phi) is 4.11. The first kappa shape index (κ1) is 16.6. The molecule has 0 aliphatic carbocycles. The van der Waals surface area contributed by atoms with E-state index in [4.69, 9.17) is 17.3 Å². The van der Waals surface area contributed by atoms with Gasteiger partial charge in [-0.3, -0.25) is 0 Å². The van der Waals surface area contributed by atoms with Crippen LogP contribution >= 0.6 is 0 Å².